The lowest BCUT2D eigenvalue weighted by molar-refractivity contribution is -0.136. The van der Waals surface area contributed by atoms with E-state index in [0.29, 0.717) is 43.6 Å². The number of carbonyl (C=O) groups excluding carboxylic acids is 1. The van der Waals surface area contributed by atoms with Gasteiger partial charge >= 0.3 is 0 Å². The lowest BCUT2D eigenvalue weighted by Crippen LogP contribution is -2.41. The van der Waals surface area contributed by atoms with Crippen LogP contribution < -0.4 is 4.72 Å². The zero-order chi connectivity index (χ0) is 18.9. The third kappa shape index (κ3) is 3.85. The number of sulfonamides is 1. The monoisotopic (exact) mass is 393 g/mol. The van der Waals surface area contributed by atoms with Crippen LogP contribution in [0.15, 0.2) is 34.2 Å². The zero-order valence-corrected chi connectivity index (χ0v) is 15.8. The average Bonchev–Trinajstić information content (AvgIpc) is 3.29. The molecule has 2 saturated heterocycles. The molecule has 4 rings (SSSR count). The molecular weight excluding hydrogens is 370 g/mol. The second-order valence-corrected chi connectivity index (χ2v) is 8.56. The number of amides is 1. The van der Waals surface area contributed by atoms with Crippen molar-refractivity contribution in [1.29, 1.82) is 0 Å². The lowest BCUT2D eigenvalue weighted by Gasteiger charge is -2.33. The van der Waals surface area contributed by atoms with Crippen LogP contribution in [0.5, 0.6) is 0 Å². The fraction of sp³-hybridized carbons (Fsp3) is 0.556. The van der Waals surface area contributed by atoms with E-state index in [1.807, 2.05) is 4.90 Å². The molecule has 0 aromatic heterocycles. The molecule has 0 radical (unpaired) electrons. The molecule has 1 aromatic carbocycles. The molecule has 3 aliphatic heterocycles. The van der Waals surface area contributed by atoms with E-state index in [4.69, 9.17) is 9.47 Å². The number of nitrogens with one attached hydrogen (secondary N) is 1. The van der Waals surface area contributed by atoms with Gasteiger partial charge in [-0.05, 0) is 25.0 Å². The maximum atomic E-state index is 12.4. The highest BCUT2D eigenvalue weighted by Crippen LogP contribution is 2.26. The molecule has 0 saturated carbocycles. The minimum Gasteiger partial charge on any atom is -0.350 e. The quantitative estimate of drug-likeness (QED) is 0.813. The molecule has 0 unspecified atom stereocenters. The fourth-order valence-corrected chi connectivity index (χ4v) is 4.99. The van der Waals surface area contributed by atoms with E-state index < -0.39 is 10.0 Å². The highest BCUT2D eigenvalue weighted by molar-refractivity contribution is 7.90. The van der Waals surface area contributed by atoms with Gasteiger partial charge < -0.3 is 14.4 Å². The first-order chi connectivity index (χ1) is 13.0. The molecule has 1 aromatic rings. The normalized spacial score (nSPS) is 24.1. The smallest absolute Gasteiger partial charge is 0.263 e. The van der Waals surface area contributed by atoms with Gasteiger partial charge in [-0.1, -0.05) is 12.1 Å². The van der Waals surface area contributed by atoms with E-state index in [0.717, 1.165) is 12.8 Å². The summed E-state index contributed by atoms with van der Waals surface area (Å²) in [5.74, 6) is 0.703. The van der Waals surface area contributed by atoms with E-state index in [-0.39, 0.29) is 30.1 Å². The predicted octanol–water partition coefficient (Wildman–Crippen LogP) is 0.727. The van der Waals surface area contributed by atoms with Gasteiger partial charge in [0.1, 0.15) is 5.84 Å². The van der Waals surface area contributed by atoms with E-state index in [1.54, 1.807) is 24.3 Å². The molecule has 27 heavy (non-hydrogen) atoms. The highest BCUT2D eigenvalue weighted by Gasteiger charge is 2.32. The SMILES string of the molecule is O=C(CCN=C1NS(=O)(=O)c2ccccc21)N1CCC(C2OCCO2)CC1. The van der Waals surface area contributed by atoms with Gasteiger partial charge in [0.25, 0.3) is 10.0 Å². The third-order valence-corrected chi connectivity index (χ3v) is 6.58. The second kappa shape index (κ2) is 7.57. The molecule has 1 N–H and O–H groups in total. The van der Waals surface area contributed by atoms with Gasteiger partial charge in [0, 0.05) is 31.0 Å². The number of hydrogen-bond acceptors (Lipinski definition) is 6. The molecule has 1 amide bonds. The zero-order valence-electron chi connectivity index (χ0n) is 15.0. The van der Waals surface area contributed by atoms with Crippen molar-refractivity contribution in [2.24, 2.45) is 10.9 Å². The van der Waals surface area contributed by atoms with E-state index in [9.17, 15) is 13.2 Å². The maximum Gasteiger partial charge on any atom is 0.263 e. The Hall–Kier alpha value is -1.97. The van der Waals surface area contributed by atoms with Gasteiger partial charge in [0.15, 0.2) is 6.29 Å². The van der Waals surface area contributed by atoms with Crippen molar-refractivity contribution in [3.05, 3.63) is 29.8 Å². The number of ether oxygens (including phenoxy) is 2. The van der Waals surface area contributed by atoms with E-state index in [1.165, 1.54) is 0 Å². The highest BCUT2D eigenvalue weighted by atomic mass is 32.2. The number of nitrogens with zero attached hydrogens (tertiary/aromatic N) is 2. The average molecular weight is 393 g/mol. The summed E-state index contributed by atoms with van der Waals surface area (Å²) in [6.45, 7) is 2.94. The summed E-state index contributed by atoms with van der Waals surface area (Å²) in [5.41, 5.74) is 0.558. The Morgan fingerprint density at radius 2 is 1.89 bits per heavy atom. The van der Waals surface area contributed by atoms with Crippen LogP contribution in [0.3, 0.4) is 0 Å². The number of aliphatic imine (C=N–C) groups is 1. The van der Waals surface area contributed by atoms with Gasteiger partial charge in [-0.15, -0.1) is 0 Å². The number of likely N-dealkylation sites (tertiary alicyclic amines) is 1. The number of piperidine rings is 1. The minimum atomic E-state index is -3.54. The topological polar surface area (TPSA) is 97.3 Å². The van der Waals surface area contributed by atoms with Crippen molar-refractivity contribution >= 4 is 21.8 Å². The Kier molecular flexibility index (Phi) is 5.16. The summed E-state index contributed by atoms with van der Waals surface area (Å²) in [5, 5.41) is 0. The number of amidine groups is 1. The molecule has 8 nitrogen and oxygen atoms in total. The molecule has 146 valence electrons. The Balaban J connectivity index is 1.30. The molecular formula is C18H23N3O5S. The summed E-state index contributed by atoms with van der Waals surface area (Å²) in [6.07, 6.45) is 1.88. The summed E-state index contributed by atoms with van der Waals surface area (Å²) < 4.78 is 37.7. The van der Waals surface area contributed by atoms with Gasteiger partial charge in [0.05, 0.1) is 24.7 Å². The molecule has 3 aliphatic rings. The number of carbonyl (C=O) groups is 1. The van der Waals surface area contributed by atoms with Crippen LogP contribution in [0.1, 0.15) is 24.8 Å². The molecule has 9 heteroatoms. The van der Waals surface area contributed by atoms with Crippen molar-refractivity contribution in [3.8, 4) is 0 Å². The van der Waals surface area contributed by atoms with Crippen LogP contribution in [0.4, 0.5) is 0 Å². The van der Waals surface area contributed by atoms with Crippen molar-refractivity contribution in [2.45, 2.75) is 30.4 Å². The van der Waals surface area contributed by atoms with E-state index >= 15 is 0 Å². The van der Waals surface area contributed by atoms with Gasteiger partial charge in [-0.2, -0.15) is 0 Å². The molecule has 0 atom stereocenters. The molecule has 2 fully saturated rings. The standard InChI is InChI=1S/C18H23N3O5S/c22-16(21-9-6-13(7-10-21)18-25-11-12-26-18)5-8-19-17-14-3-1-2-4-15(14)27(23,24)20-17/h1-4,13,18H,5-12H2,(H,19,20). The number of hydrogen-bond donors (Lipinski definition) is 1. The molecule has 0 spiro atoms. The van der Waals surface area contributed by atoms with Crippen LogP contribution in [-0.2, 0) is 24.3 Å². The van der Waals surface area contributed by atoms with Gasteiger partial charge in [0.2, 0.25) is 5.91 Å². The molecule has 0 bridgehead atoms. The van der Waals surface area contributed by atoms with Crippen LogP contribution in [0.2, 0.25) is 0 Å². The van der Waals surface area contributed by atoms with Crippen molar-refractivity contribution in [3.63, 3.8) is 0 Å². The molecule has 3 heterocycles. The predicted molar refractivity (Wildman–Crippen MR) is 97.8 cm³/mol. The first-order valence-corrected chi connectivity index (χ1v) is 10.7. The summed E-state index contributed by atoms with van der Waals surface area (Å²) in [4.78, 5) is 18.8. The van der Waals surface area contributed by atoms with Crippen molar-refractivity contribution in [1.82, 2.24) is 9.62 Å². The minimum absolute atomic E-state index is 0.0418. The number of rotatable bonds is 4. The Labute approximate surface area is 158 Å². The number of benzene rings is 1. The van der Waals surface area contributed by atoms with Crippen LogP contribution in [0, 0.1) is 5.92 Å². The van der Waals surface area contributed by atoms with Crippen LogP contribution >= 0.6 is 0 Å². The Bertz CT molecular complexity index is 840. The Morgan fingerprint density at radius 3 is 2.63 bits per heavy atom. The van der Waals surface area contributed by atoms with Crippen molar-refractivity contribution in [2.75, 3.05) is 32.8 Å². The first-order valence-electron chi connectivity index (χ1n) is 9.22. The van der Waals surface area contributed by atoms with E-state index in [2.05, 4.69) is 9.71 Å². The maximum absolute atomic E-state index is 12.4. The summed E-state index contributed by atoms with van der Waals surface area (Å²) in [7, 11) is -3.54. The van der Waals surface area contributed by atoms with Crippen molar-refractivity contribution < 1.29 is 22.7 Å². The third-order valence-electron chi connectivity index (χ3n) is 5.18. The van der Waals surface area contributed by atoms with Crippen LogP contribution in [-0.4, -0.2) is 64.2 Å². The summed E-state index contributed by atoms with van der Waals surface area (Å²) >= 11 is 0. The summed E-state index contributed by atoms with van der Waals surface area (Å²) in [6, 6.07) is 6.71. The lowest BCUT2D eigenvalue weighted by atomic mass is 9.96. The first kappa shape index (κ1) is 18.4. The van der Waals surface area contributed by atoms with Gasteiger partial charge in [-0.3, -0.25) is 14.5 Å². The molecule has 0 aliphatic carbocycles. The van der Waals surface area contributed by atoms with Gasteiger partial charge in [-0.25, -0.2) is 8.42 Å². The largest absolute Gasteiger partial charge is 0.350 e. The number of fused-ring (bicyclic) bond motifs is 1. The Morgan fingerprint density at radius 1 is 1.19 bits per heavy atom. The fourth-order valence-electron chi connectivity index (χ4n) is 3.74. The van der Waals surface area contributed by atoms with Crippen LogP contribution in [0.25, 0.3) is 0 Å². The second-order valence-electron chi connectivity index (χ2n) is 6.91.